The summed E-state index contributed by atoms with van der Waals surface area (Å²) >= 11 is 3.90. The van der Waals surface area contributed by atoms with Gasteiger partial charge in [-0.25, -0.2) is 0 Å². The van der Waals surface area contributed by atoms with E-state index in [0.29, 0.717) is 5.92 Å². The Morgan fingerprint density at radius 2 is 0.837 bits per heavy atom. The minimum Gasteiger partial charge on any atom is -0.312 e. The Bertz CT molecular complexity index is 6970. The number of nitrogens with zero attached hydrogens (tertiary/aromatic N) is 4. The number of aromatic nitrogens is 4. The summed E-state index contributed by atoms with van der Waals surface area (Å²) < 4.78 is 15.4. The molecule has 8 heterocycles. The fraction of sp³-hybridized carbons (Fsp3) is 0.0233. The molecule has 92 heavy (non-hydrogen) atoms. The van der Waals surface area contributed by atoms with Crippen molar-refractivity contribution in [3.63, 3.8) is 0 Å². The highest BCUT2D eigenvalue weighted by Gasteiger charge is 2.31. The second-order valence-corrected chi connectivity index (χ2v) is 27.9. The van der Waals surface area contributed by atoms with Gasteiger partial charge in [-0.2, -0.15) is 0 Å². The predicted molar refractivity (Wildman–Crippen MR) is 395 cm³/mol. The monoisotopic (exact) mass is 1200 g/mol. The van der Waals surface area contributed by atoms with Crippen LogP contribution in [0.1, 0.15) is 11.3 Å². The molecular formula is C86H48N4S2. The van der Waals surface area contributed by atoms with Gasteiger partial charge in [0, 0.05) is 134 Å². The van der Waals surface area contributed by atoms with E-state index in [1.807, 2.05) is 22.7 Å². The number of benzene rings is 13. The molecule has 0 amide bonds. The number of fused-ring (bicyclic) bond motifs is 28. The molecule has 6 heteroatoms. The summed E-state index contributed by atoms with van der Waals surface area (Å²) in [5, 5.41) is 21.9. The maximum atomic E-state index is 2.65. The molecule has 4 nitrogen and oxygen atoms in total. The Morgan fingerprint density at radius 1 is 0.337 bits per heavy atom. The van der Waals surface area contributed by atoms with E-state index >= 15 is 0 Å². The van der Waals surface area contributed by atoms with Crippen LogP contribution in [0.4, 0.5) is 0 Å². The third kappa shape index (κ3) is 6.12. The summed E-state index contributed by atoms with van der Waals surface area (Å²) in [7, 11) is 0. The standard InChI is InChI=1S/C86H48N4S2/c1-3-19-49-43-73-63(37-47(49)17-1)67-40-51(39-65-57-23-7-13-29-71(57)89(73)83(65)67)61-45-76-82(86-79(61)59-25-9-15-31-77(59)92-86)81-75(88(76)54-35-33-53(34-36-54)87-69-27-11-5-21-55(69)56-22-6-12-28-70(56)87)46-62(85-80(81)60-26-10-16-32-78(60)91-85)52-41-66-58-24-8-14-30-72(58)90-74-44-50-20-4-2-18-48(50)38-64(74)68(42-52)84(66)90/h1-42,44-46,49H,43H2. The van der Waals surface area contributed by atoms with Crippen molar-refractivity contribution in [3.05, 3.63) is 284 Å². The van der Waals surface area contributed by atoms with Gasteiger partial charge in [-0.15, -0.1) is 22.7 Å². The lowest BCUT2D eigenvalue weighted by molar-refractivity contribution is 0.737. The summed E-state index contributed by atoms with van der Waals surface area (Å²) in [5.41, 5.74) is 22.5. The fourth-order valence-corrected chi connectivity index (χ4v) is 20.0. The first-order valence-corrected chi connectivity index (χ1v) is 33.6. The van der Waals surface area contributed by atoms with E-state index < -0.39 is 0 Å². The normalized spacial score (nSPS) is 14.6. The number of hydrogen-bond acceptors (Lipinski definition) is 2. The molecule has 1 unspecified atom stereocenters. The van der Waals surface area contributed by atoms with Crippen molar-refractivity contribution in [1.82, 2.24) is 17.9 Å². The van der Waals surface area contributed by atoms with Crippen molar-refractivity contribution >= 4 is 189 Å². The van der Waals surface area contributed by atoms with Crippen molar-refractivity contribution in [2.45, 2.75) is 6.42 Å². The van der Waals surface area contributed by atoms with E-state index in [1.165, 1.54) is 199 Å². The molecule has 0 N–H and O–H groups in total. The zero-order chi connectivity index (χ0) is 59.3. The van der Waals surface area contributed by atoms with E-state index in [1.54, 1.807) is 0 Å². The van der Waals surface area contributed by atoms with E-state index in [4.69, 9.17) is 0 Å². The first kappa shape index (κ1) is 48.6. The van der Waals surface area contributed by atoms with E-state index in [9.17, 15) is 0 Å². The summed E-state index contributed by atoms with van der Waals surface area (Å²) in [4.78, 5) is 0. The number of rotatable bonds is 4. The van der Waals surface area contributed by atoms with E-state index in [-0.39, 0.29) is 0 Å². The van der Waals surface area contributed by atoms with Gasteiger partial charge in [0.2, 0.25) is 0 Å². The highest BCUT2D eigenvalue weighted by molar-refractivity contribution is 7.27. The molecule has 0 saturated carbocycles. The van der Waals surface area contributed by atoms with Gasteiger partial charge in [-0.05, 0) is 155 Å². The SMILES string of the molecule is C1=CC2=Cc3c(n4c5ccccc5c5cc(-c6cc7c(c8sc9ccccc9c68)c6c8c(sc9ccccc98)c(-c8cc9c%10ccccc%10n%10c%11cc%12ccccc%12cc%11c(c8)c9%10)cc6n7-c6ccc(-n7c8ccccc8c8ccccc87)cc6)cc3c54)CC2C=C1. The van der Waals surface area contributed by atoms with Crippen molar-refractivity contribution in [1.29, 1.82) is 0 Å². The van der Waals surface area contributed by atoms with Crippen LogP contribution >= 0.6 is 22.7 Å². The van der Waals surface area contributed by atoms with Crippen LogP contribution < -0.4 is 0 Å². The van der Waals surface area contributed by atoms with Crippen LogP contribution in [0.25, 0.3) is 200 Å². The summed E-state index contributed by atoms with van der Waals surface area (Å²) in [6.07, 6.45) is 12.6. The zero-order valence-corrected chi connectivity index (χ0v) is 51.0. The Balaban J connectivity index is 0.877. The first-order chi connectivity index (χ1) is 45.6. The first-order valence-electron chi connectivity index (χ1n) is 32.0. The molecular weight excluding hydrogens is 1150 g/mol. The van der Waals surface area contributed by atoms with E-state index in [0.717, 1.165) is 17.8 Å². The lowest BCUT2D eigenvalue weighted by atomic mass is 9.83. The van der Waals surface area contributed by atoms with Gasteiger partial charge in [0.1, 0.15) is 0 Å². The van der Waals surface area contributed by atoms with Crippen molar-refractivity contribution in [3.8, 4) is 33.6 Å². The Kier molecular flexibility index (Phi) is 9.17. The second-order valence-electron chi connectivity index (χ2n) is 25.8. The molecule has 2 aliphatic rings. The second kappa shape index (κ2) is 17.4. The van der Waals surface area contributed by atoms with Crippen LogP contribution in [-0.4, -0.2) is 17.9 Å². The van der Waals surface area contributed by atoms with Gasteiger partial charge < -0.3 is 17.9 Å². The molecule has 23 rings (SSSR count). The van der Waals surface area contributed by atoms with Gasteiger partial charge in [0.15, 0.2) is 0 Å². The van der Waals surface area contributed by atoms with Crippen molar-refractivity contribution in [2.24, 2.45) is 5.92 Å². The maximum absolute atomic E-state index is 2.65. The molecule has 0 saturated heterocycles. The van der Waals surface area contributed by atoms with Gasteiger partial charge in [-0.3, -0.25) is 0 Å². The Morgan fingerprint density at radius 3 is 1.52 bits per heavy atom. The van der Waals surface area contributed by atoms with Crippen LogP contribution in [0.15, 0.2) is 273 Å². The third-order valence-electron chi connectivity index (χ3n) is 21.3. The Labute approximate surface area is 532 Å². The molecule has 0 bridgehead atoms. The van der Waals surface area contributed by atoms with Gasteiger partial charge in [0.05, 0.1) is 49.7 Å². The quantitative estimate of drug-likeness (QED) is 0.167. The average molecular weight is 1200 g/mol. The van der Waals surface area contributed by atoms with Crippen molar-refractivity contribution in [2.75, 3.05) is 0 Å². The maximum Gasteiger partial charge on any atom is 0.0620 e. The molecule has 0 fully saturated rings. The van der Waals surface area contributed by atoms with Crippen LogP contribution in [0.5, 0.6) is 0 Å². The smallest absolute Gasteiger partial charge is 0.0620 e. The summed E-state index contributed by atoms with van der Waals surface area (Å²) in [5.74, 6) is 0.360. The van der Waals surface area contributed by atoms with E-state index in [2.05, 4.69) is 291 Å². The number of hydrogen-bond donors (Lipinski definition) is 0. The zero-order valence-electron chi connectivity index (χ0n) is 49.4. The molecule has 424 valence electrons. The molecule has 0 aliphatic heterocycles. The number of para-hydroxylation sites is 4. The van der Waals surface area contributed by atoms with Gasteiger partial charge in [-0.1, -0.05) is 158 Å². The van der Waals surface area contributed by atoms with Crippen molar-refractivity contribution < 1.29 is 0 Å². The predicted octanol–water partition coefficient (Wildman–Crippen LogP) is 23.9. The van der Waals surface area contributed by atoms with Crippen LogP contribution in [0.2, 0.25) is 0 Å². The fourth-order valence-electron chi connectivity index (χ4n) is 17.5. The lowest BCUT2D eigenvalue weighted by Gasteiger charge is -2.22. The largest absolute Gasteiger partial charge is 0.312 e. The van der Waals surface area contributed by atoms with Gasteiger partial charge >= 0.3 is 0 Å². The highest BCUT2D eigenvalue weighted by atomic mass is 32.1. The summed E-state index contributed by atoms with van der Waals surface area (Å²) in [6.45, 7) is 0. The Hall–Kier alpha value is -11.3. The molecule has 21 aromatic rings. The molecule has 13 aromatic carbocycles. The average Bonchev–Trinajstić information content (AvgIpc) is 1.60. The third-order valence-corrected chi connectivity index (χ3v) is 23.6. The molecule has 8 aromatic heterocycles. The topological polar surface area (TPSA) is 18.7 Å². The molecule has 0 spiro atoms. The number of allylic oxidation sites excluding steroid dienone is 5. The molecule has 0 radical (unpaired) electrons. The lowest BCUT2D eigenvalue weighted by Crippen LogP contribution is -2.12. The van der Waals surface area contributed by atoms with Crippen LogP contribution in [-0.2, 0) is 6.42 Å². The minimum absolute atomic E-state index is 0.360. The molecule has 2 aliphatic carbocycles. The van der Waals surface area contributed by atoms with Crippen LogP contribution in [0.3, 0.4) is 0 Å². The number of thiophene rings is 2. The van der Waals surface area contributed by atoms with Gasteiger partial charge in [0.25, 0.3) is 0 Å². The minimum atomic E-state index is 0.360. The summed E-state index contributed by atoms with van der Waals surface area (Å²) in [6, 6.07) is 92.7. The van der Waals surface area contributed by atoms with Crippen LogP contribution in [0, 0.1) is 5.92 Å². The highest BCUT2D eigenvalue weighted by Crippen LogP contribution is 2.55. The molecule has 1 atom stereocenters.